The van der Waals surface area contributed by atoms with Crippen molar-refractivity contribution in [2.24, 2.45) is 0 Å². The van der Waals surface area contributed by atoms with E-state index in [1.165, 1.54) is 0 Å². The molecule has 2 heterocycles. The third-order valence-electron chi connectivity index (χ3n) is 4.88. The number of H-pyrrole nitrogens is 1. The molecular weight excluding hydrogens is 390 g/mol. The highest BCUT2D eigenvalue weighted by Gasteiger charge is 2.14. The molecule has 0 amide bonds. The number of hydrogen-bond donors (Lipinski definition) is 1. The molecule has 1 N–H and O–H groups in total. The summed E-state index contributed by atoms with van der Waals surface area (Å²) in [6.07, 6.45) is 5.20. The number of nitrogens with zero attached hydrogens (tertiary/aromatic N) is 6. The highest BCUT2D eigenvalue weighted by Crippen LogP contribution is 2.29. The fraction of sp³-hybridized carbons (Fsp3) is 0.217. The molecule has 4 rings (SSSR count). The van der Waals surface area contributed by atoms with Gasteiger partial charge in [0.1, 0.15) is 0 Å². The monoisotopic (exact) mass is 413 g/mol. The van der Waals surface area contributed by atoms with Crippen molar-refractivity contribution in [1.29, 1.82) is 0 Å². The zero-order valence-electron chi connectivity index (χ0n) is 17.5. The lowest BCUT2D eigenvalue weighted by Gasteiger charge is -2.09. The zero-order chi connectivity index (χ0) is 21.6. The van der Waals surface area contributed by atoms with Crippen molar-refractivity contribution in [3.63, 3.8) is 0 Å². The number of ketones is 1. The quantitative estimate of drug-likeness (QED) is 0.435. The maximum absolute atomic E-state index is 12.1. The molecule has 0 saturated heterocycles. The molecule has 0 spiro atoms. The number of carbonyl (C=O) groups excluding carboxylic acids is 1. The molecule has 8 nitrogen and oxygen atoms in total. The Morgan fingerprint density at radius 3 is 2.52 bits per heavy atom. The van der Waals surface area contributed by atoms with E-state index in [0.717, 1.165) is 28.7 Å². The lowest BCUT2D eigenvalue weighted by molar-refractivity contribution is 0.0978. The third-order valence-corrected chi connectivity index (χ3v) is 4.88. The highest BCUT2D eigenvalue weighted by molar-refractivity contribution is 5.92. The van der Waals surface area contributed by atoms with E-state index < -0.39 is 0 Å². The van der Waals surface area contributed by atoms with Crippen LogP contribution in [0.25, 0.3) is 28.6 Å². The van der Waals surface area contributed by atoms with Crippen LogP contribution in [0.15, 0.2) is 54.6 Å². The van der Waals surface area contributed by atoms with E-state index in [2.05, 4.69) is 61.9 Å². The van der Waals surface area contributed by atoms with Crippen LogP contribution in [-0.2, 0) is 6.54 Å². The first-order chi connectivity index (χ1) is 15.2. The molecule has 0 aliphatic rings. The molecule has 0 saturated carbocycles. The molecule has 0 radical (unpaired) electrons. The largest absolute Gasteiger partial charge is 0.291 e. The minimum absolute atomic E-state index is 0.0571. The number of aromatic amines is 1. The van der Waals surface area contributed by atoms with Gasteiger partial charge in [-0.25, -0.2) is 9.67 Å². The van der Waals surface area contributed by atoms with Gasteiger partial charge in [0.25, 0.3) is 0 Å². The number of aromatic nitrogens is 7. The Bertz CT molecular complexity index is 1190. The topological polar surface area (TPSA) is 102 Å². The molecule has 2 aromatic carbocycles. The Morgan fingerprint density at radius 1 is 1.06 bits per heavy atom. The highest BCUT2D eigenvalue weighted by atomic mass is 16.1. The molecule has 31 heavy (non-hydrogen) atoms. The van der Waals surface area contributed by atoms with Crippen molar-refractivity contribution < 1.29 is 4.79 Å². The summed E-state index contributed by atoms with van der Waals surface area (Å²) in [4.78, 5) is 16.5. The van der Waals surface area contributed by atoms with Gasteiger partial charge in [-0.2, -0.15) is 5.21 Å². The lowest BCUT2D eigenvalue weighted by Crippen LogP contribution is -2.06. The lowest BCUT2D eigenvalue weighted by atomic mass is 9.98. The average molecular weight is 413 g/mol. The molecular formula is C23H23N7O. The summed E-state index contributed by atoms with van der Waals surface area (Å²) in [6.45, 7) is 4.40. The van der Waals surface area contributed by atoms with Crippen LogP contribution in [0.1, 0.15) is 48.7 Å². The van der Waals surface area contributed by atoms with Crippen molar-refractivity contribution in [2.45, 2.75) is 33.2 Å². The van der Waals surface area contributed by atoms with Crippen molar-refractivity contribution >= 4 is 11.9 Å². The van der Waals surface area contributed by atoms with E-state index in [4.69, 9.17) is 0 Å². The van der Waals surface area contributed by atoms with E-state index in [1.807, 2.05) is 43.3 Å². The summed E-state index contributed by atoms with van der Waals surface area (Å²) in [5.74, 6) is 1.45. The number of tetrazole rings is 1. The maximum atomic E-state index is 12.1. The van der Waals surface area contributed by atoms with Crippen molar-refractivity contribution in [1.82, 2.24) is 35.4 Å². The van der Waals surface area contributed by atoms with E-state index in [-0.39, 0.29) is 11.6 Å². The van der Waals surface area contributed by atoms with Crippen molar-refractivity contribution in [3.05, 3.63) is 71.8 Å². The summed E-state index contributed by atoms with van der Waals surface area (Å²) in [5, 5.41) is 18.8. The van der Waals surface area contributed by atoms with Crippen LogP contribution >= 0.6 is 0 Å². The molecule has 0 unspecified atom stereocenters. The number of hydrogen-bond acceptors (Lipinski definition) is 6. The molecule has 0 fully saturated rings. The van der Waals surface area contributed by atoms with Gasteiger partial charge in [-0.3, -0.25) is 4.79 Å². The maximum Gasteiger partial charge on any atom is 0.217 e. The Balaban J connectivity index is 1.61. The van der Waals surface area contributed by atoms with Crippen LogP contribution in [0.3, 0.4) is 0 Å². The van der Waals surface area contributed by atoms with Crippen LogP contribution in [0.2, 0.25) is 0 Å². The Labute approximate surface area is 180 Å². The number of allylic oxidation sites excluding steroid dienone is 1. The second-order valence-electron chi connectivity index (χ2n) is 7.02. The molecule has 0 atom stereocenters. The third kappa shape index (κ3) is 4.48. The van der Waals surface area contributed by atoms with Crippen molar-refractivity contribution in [2.75, 3.05) is 0 Å². The molecule has 0 bridgehead atoms. The van der Waals surface area contributed by atoms with Gasteiger partial charge in [0.05, 0.1) is 6.54 Å². The van der Waals surface area contributed by atoms with Gasteiger partial charge in [-0.1, -0.05) is 68.5 Å². The van der Waals surface area contributed by atoms with Crippen LogP contribution in [0, 0.1) is 0 Å². The first kappa shape index (κ1) is 20.3. The van der Waals surface area contributed by atoms with Gasteiger partial charge < -0.3 is 0 Å². The van der Waals surface area contributed by atoms with Gasteiger partial charge >= 0.3 is 0 Å². The smallest absolute Gasteiger partial charge is 0.217 e. The SMILES string of the molecule is CC/C=C/c1nc(C(=O)CC)nn1Cc1ccc(-c2ccccc2-c2nn[nH]n2)cc1. The van der Waals surface area contributed by atoms with Crippen LogP contribution in [-0.4, -0.2) is 41.2 Å². The number of benzene rings is 2. The minimum Gasteiger partial charge on any atom is -0.291 e. The number of nitrogens with one attached hydrogen (secondary N) is 1. The molecule has 4 aromatic rings. The summed E-state index contributed by atoms with van der Waals surface area (Å²) in [5.41, 5.74) is 4.05. The van der Waals surface area contributed by atoms with Crippen molar-refractivity contribution in [3.8, 4) is 22.5 Å². The van der Waals surface area contributed by atoms with E-state index in [1.54, 1.807) is 4.68 Å². The number of carbonyl (C=O) groups is 1. The van der Waals surface area contributed by atoms with Gasteiger partial charge in [0.2, 0.25) is 17.4 Å². The summed E-state index contributed by atoms with van der Waals surface area (Å²) in [7, 11) is 0. The van der Waals surface area contributed by atoms with Gasteiger partial charge in [0, 0.05) is 12.0 Å². The summed E-state index contributed by atoms with van der Waals surface area (Å²) in [6, 6.07) is 16.2. The molecule has 0 aliphatic heterocycles. The average Bonchev–Trinajstić information content (AvgIpc) is 3.48. The van der Waals surface area contributed by atoms with E-state index in [0.29, 0.717) is 24.6 Å². The predicted molar refractivity (Wildman–Crippen MR) is 118 cm³/mol. The Morgan fingerprint density at radius 2 is 1.84 bits per heavy atom. The standard InChI is InChI=1S/C23H23N7O/c1-3-5-10-21-24-23(20(31)4-2)27-30(21)15-16-11-13-17(14-12-16)18-8-6-7-9-19(18)22-25-28-29-26-22/h5-14H,3-4,15H2,1-2H3,(H,25,26,28,29)/b10-5+. The first-order valence-electron chi connectivity index (χ1n) is 10.3. The van der Waals surface area contributed by atoms with E-state index in [9.17, 15) is 4.79 Å². The van der Waals surface area contributed by atoms with Crippen LogP contribution in [0.5, 0.6) is 0 Å². The Hall–Kier alpha value is -3.94. The fourth-order valence-electron chi connectivity index (χ4n) is 3.26. The molecule has 2 aromatic heterocycles. The fourth-order valence-corrected chi connectivity index (χ4v) is 3.26. The number of rotatable bonds is 8. The van der Waals surface area contributed by atoms with E-state index >= 15 is 0 Å². The second kappa shape index (κ2) is 9.25. The van der Waals surface area contributed by atoms with Crippen LogP contribution < -0.4 is 0 Å². The first-order valence-corrected chi connectivity index (χ1v) is 10.3. The number of Topliss-reactive ketones (excluding diaryl/α,β-unsaturated/α-hetero) is 1. The minimum atomic E-state index is -0.0571. The summed E-state index contributed by atoms with van der Waals surface area (Å²) >= 11 is 0. The molecule has 8 heteroatoms. The predicted octanol–water partition coefficient (Wildman–Crippen LogP) is 4.19. The molecule has 156 valence electrons. The Kier molecular flexibility index (Phi) is 6.07. The zero-order valence-corrected chi connectivity index (χ0v) is 17.5. The van der Waals surface area contributed by atoms with Gasteiger partial charge in [-0.15, -0.1) is 15.3 Å². The second-order valence-corrected chi connectivity index (χ2v) is 7.02. The van der Waals surface area contributed by atoms with Gasteiger partial charge in [0.15, 0.2) is 5.82 Å². The summed E-state index contributed by atoms with van der Waals surface area (Å²) < 4.78 is 1.78. The molecule has 0 aliphatic carbocycles. The van der Waals surface area contributed by atoms with Gasteiger partial charge in [-0.05, 0) is 34.4 Å². The van der Waals surface area contributed by atoms with Crippen LogP contribution in [0.4, 0.5) is 0 Å². The normalized spacial score (nSPS) is 11.3.